The SMILES string of the molecule is CCN1C(=O)C(c2ccc(F)cc2)=C(N2CCN(c3ncccn3)CC2)C1=O. The number of amides is 2. The number of piperazine rings is 1. The van der Waals surface area contributed by atoms with Crippen LogP contribution in [0.15, 0.2) is 48.4 Å². The van der Waals surface area contributed by atoms with Crippen LogP contribution in [-0.4, -0.2) is 64.3 Å². The van der Waals surface area contributed by atoms with E-state index in [2.05, 4.69) is 9.97 Å². The Hall–Kier alpha value is -3.29. The number of likely N-dealkylation sites (N-methyl/N-ethyl adjacent to an activating group) is 1. The zero-order valence-corrected chi connectivity index (χ0v) is 15.5. The minimum Gasteiger partial charge on any atom is -0.363 e. The predicted octanol–water partition coefficient (Wildman–Crippen LogP) is 1.54. The fourth-order valence-corrected chi connectivity index (χ4v) is 3.61. The van der Waals surface area contributed by atoms with Gasteiger partial charge in [0.15, 0.2) is 0 Å². The molecule has 144 valence electrons. The van der Waals surface area contributed by atoms with Crippen molar-refractivity contribution in [2.24, 2.45) is 0 Å². The summed E-state index contributed by atoms with van der Waals surface area (Å²) in [5.74, 6) is -0.357. The Morgan fingerprint density at radius 1 is 0.929 bits per heavy atom. The Balaban J connectivity index is 1.64. The second-order valence-electron chi connectivity index (χ2n) is 6.61. The molecule has 0 atom stereocenters. The summed E-state index contributed by atoms with van der Waals surface area (Å²) in [7, 11) is 0. The number of anilines is 1. The van der Waals surface area contributed by atoms with Gasteiger partial charge in [-0.15, -0.1) is 0 Å². The van der Waals surface area contributed by atoms with Gasteiger partial charge in [-0.1, -0.05) is 12.1 Å². The summed E-state index contributed by atoms with van der Waals surface area (Å²) in [4.78, 5) is 39.6. The van der Waals surface area contributed by atoms with E-state index in [1.54, 1.807) is 37.5 Å². The summed E-state index contributed by atoms with van der Waals surface area (Å²) in [5.41, 5.74) is 1.29. The molecule has 1 aromatic carbocycles. The van der Waals surface area contributed by atoms with Gasteiger partial charge >= 0.3 is 0 Å². The average molecular weight is 381 g/mol. The fraction of sp³-hybridized carbons (Fsp3) is 0.300. The molecule has 4 rings (SSSR count). The molecule has 3 heterocycles. The highest BCUT2D eigenvalue weighted by Crippen LogP contribution is 2.32. The highest BCUT2D eigenvalue weighted by Gasteiger charge is 2.41. The van der Waals surface area contributed by atoms with Gasteiger partial charge in [0.1, 0.15) is 11.5 Å². The van der Waals surface area contributed by atoms with Gasteiger partial charge in [0.05, 0.1) is 5.57 Å². The lowest BCUT2D eigenvalue weighted by Gasteiger charge is -2.36. The molecule has 2 aromatic rings. The van der Waals surface area contributed by atoms with E-state index < -0.39 is 0 Å². The Kier molecular flexibility index (Phi) is 4.77. The smallest absolute Gasteiger partial charge is 0.277 e. The molecule has 0 bridgehead atoms. The molecule has 1 saturated heterocycles. The molecule has 8 heteroatoms. The van der Waals surface area contributed by atoms with Crippen LogP contribution in [-0.2, 0) is 9.59 Å². The van der Waals surface area contributed by atoms with E-state index in [9.17, 15) is 14.0 Å². The van der Waals surface area contributed by atoms with Crippen molar-refractivity contribution in [3.05, 3.63) is 59.8 Å². The van der Waals surface area contributed by atoms with Gasteiger partial charge in [0.25, 0.3) is 11.8 Å². The first kappa shape index (κ1) is 18.1. The maximum absolute atomic E-state index is 13.3. The summed E-state index contributed by atoms with van der Waals surface area (Å²) < 4.78 is 13.3. The number of hydrogen-bond donors (Lipinski definition) is 0. The molecular weight excluding hydrogens is 361 g/mol. The van der Waals surface area contributed by atoms with Crippen molar-refractivity contribution in [1.82, 2.24) is 19.8 Å². The van der Waals surface area contributed by atoms with Crippen molar-refractivity contribution in [1.29, 1.82) is 0 Å². The number of nitrogens with zero attached hydrogens (tertiary/aromatic N) is 5. The maximum Gasteiger partial charge on any atom is 0.277 e. The van der Waals surface area contributed by atoms with Crippen LogP contribution >= 0.6 is 0 Å². The third-order valence-corrected chi connectivity index (χ3v) is 5.02. The van der Waals surface area contributed by atoms with E-state index in [0.29, 0.717) is 55.5 Å². The van der Waals surface area contributed by atoms with Gasteiger partial charge in [0.2, 0.25) is 5.95 Å². The molecule has 0 aliphatic carbocycles. The topological polar surface area (TPSA) is 69.6 Å². The van der Waals surface area contributed by atoms with Crippen molar-refractivity contribution in [2.75, 3.05) is 37.6 Å². The van der Waals surface area contributed by atoms with E-state index >= 15 is 0 Å². The molecule has 1 fully saturated rings. The lowest BCUT2D eigenvalue weighted by Crippen LogP contribution is -2.48. The molecule has 0 N–H and O–H groups in total. The molecule has 2 aliphatic rings. The summed E-state index contributed by atoms with van der Waals surface area (Å²) in [6.45, 7) is 4.47. The lowest BCUT2D eigenvalue weighted by molar-refractivity contribution is -0.137. The number of carbonyl (C=O) groups excluding carboxylic acids is 2. The standard InChI is InChI=1S/C20H20FN5O2/c1-2-26-18(27)16(14-4-6-15(21)7-5-14)17(19(26)28)24-10-12-25(13-11-24)20-22-8-3-9-23-20/h3-9H,2,10-13H2,1H3. The highest BCUT2D eigenvalue weighted by atomic mass is 19.1. The second-order valence-corrected chi connectivity index (χ2v) is 6.61. The first-order valence-corrected chi connectivity index (χ1v) is 9.23. The van der Waals surface area contributed by atoms with Crippen molar-refractivity contribution in [3.8, 4) is 0 Å². The summed E-state index contributed by atoms with van der Waals surface area (Å²) in [6, 6.07) is 7.46. The van der Waals surface area contributed by atoms with Gasteiger partial charge in [-0.3, -0.25) is 14.5 Å². The molecule has 28 heavy (non-hydrogen) atoms. The quantitative estimate of drug-likeness (QED) is 0.749. The Bertz CT molecular complexity index is 921. The highest BCUT2D eigenvalue weighted by molar-refractivity contribution is 6.35. The number of carbonyl (C=O) groups is 2. The predicted molar refractivity (Wildman–Crippen MR) is 102 cm³/mol. The van der Waals surface area contributed by atoms with Gasteiger partial charge in [-0.05, 0) is 30.7 Å². The van der Waals surface area contributed by atoms with Crippen molar-refractivity contribution in [2.45, 2.75) is 6.92 Å². The molecule has 0 spiro atoms. The van der Waals surface area contributed by atoms with Crippen LogP contribution in [0.4, 0.5) is 10.3 Å². The van der Waals surface area contributed by atoms with E-state index in [-0.39, 0.29) is 17.6 Å². The Labute approximate surface area is 162 Å². The summed E-state index contributed by atoms with van der Waals surface area (Å²) >= 11 is 0. The van der Waals surface area contributed by atoms with Crippen LogP contribution in [0.1, 0.15) is 12.5 Å². The van der Waals surface area contributed by atoms with Crippen molar-refractivity contribution < 1.29 is 14.0 Å². The molecule has 0 radical (unpaired) electrons. The van der Waals surface area contributed by atoms with Crippen LogP contribution in [0.5, 0.6) is 0 Å². The van der Waals surface area contributed by atoms with Crippen LogP contribution in [0.2, 0.25) is 0 Å². The third-order valence-electron chi connectivity index (χ3n) is 5.02. The number of halogens is 1. The zero-order chi connectivity index (χ0) is 19.7. The van der Waals surface area contributed by atoms with E-state index in [0.717, 1.165) is 0 Å². The van der Waals surface area contributed by atoms with Gasteiger partial charge in [-0.2, -0.15) is 0 Å². The van der Waals surface area contributed by atoms with Crippen LogP contribution < -0.4 is 4.90 Å². The van der Waals surface area contributed by atoms with Crippen molar-refractivity contribution >= 4 is 23.3 Å². The summed E-state index contributed by atoms with van der Waals surface area (Å²) in [5, 5.41) is 0. The lowest BCUT2D eigenvalue weighted by atomic mass is 10.0. The van der Waals surface area contributed by atoms with Gasteiger partial charge in [0, 0.05) is 45.1 Å². The summed E-state index contributed by atoms with van der Waals surface area (Å²) in [6.07, 6.45) is 3.39. The van der Waals surface area contributed by atoms with E-state index in [1.165, 1.54) is 17.0 Å². The van der Waals surface area contributed by atoms with E-state index in [4.69, 9.17) is 0 Å². The number of hydrogen-bond acceptors (Lipinski definition) is 6. The number of rotatable bonds is 4. The maximum atomic E-state index is 13.3. The van der Waals surface area contributed by atoms with E-state index in [1.807, 2.05) is 9.80 Å². The first-order valence-electron chi connectivity index (χ1n) is 9.23. The first-order chi connectivity index (χ1) is 13.6. The largest absolute Gasteiger partial charge is 0.363 e. The number of benzene rings is 1. The molecule has 0 saturated carbocycles. The number of imide groups is 1. The second kappa shape index (κ2) is 7.38. The average Bonchev–Trinajstić information content (AvgIpc) is 2.99. The normalized spacial score (nSPS) is 17.7. The van der Waals surface area contributed by atoms with Gasteiger partial charge in [-0.25, -0.2) is 14.4 Å². The van der Waals surface area contributed by atoms with Crippen LogP contribution in [0, 0.1) is 5.82 Å². The fourth-order valence-electron chi connectivity index (χ4n) is 3.61. The monoisotopic (exact) mass is 381 g/mol. The Morgan fingerprint density at radius 2 is 1.54 bits per heavy atom. The molecule has 0 unspecified atom stereocenters. The molecule has 2 amide bonds. The molecular formula is C20H20FN5O2. The minimum atomic E-state index is -0.383. The van der Waals surface area contributed by atoms with Crippen molar-refractivity contribution in [3.63, 3.8) is 0 Å². The molecule has 2 aliphatic heterocycles. The molecule has 7 nitrogen and oxygen atoms in total. The zero-order valence-electron chi connectivity index (χ0n) is 15.5. The van der Waals surface area contributed by atoms with Gasteiger partial charge < -0.3 is 9.80 Å². The Morgan fingerprint density at radius 3 is 2.14 bits per heavy atom. The molecule has 1 aromatic heterocycles. The van der Waals surface area contributed by atoms with Crippen LogP contribution in [0.3, 0.4) is 0 Å². The van der Waals surface area contributed by atoms with Crippen LogP contribution in [0.25, 0.3) is 5.57 Å². The minimum absolute atomic E-state index is 0.295. The number of aromatic nitrogens is 2. The third kappa shape index (κ3) is 3.11.